The molecule has 0 bridgehead atoms. The van der Waals surface area contributed by atoms with Crippen LogP contribution in [0.1, 0.15) is 36.8 Å². The number of fused-ring (bicyclic) bond motifs is 1. The van der Waals surface area contributed by atoms with Gasteiger partial charge < -0.3 is 19.4 Å². The van der Waals surface area contributed by atoms with Crippen LogP contribution < -0.4 is 19.5 Å². The number of hydrogen-bond acceptors (Lipinski definition) is 6. The van der Waals surface area contributed by atoms with Gasteiger partial charge in [-0.1, -0.05) is 32.9 Å². The average molecular weight is 523 g/mol. The van der Waals surface area contributed by atoms with Gasteiger partial charge in [-0.15, -0.1) is 0 Å². The highest BCUT2D eigenvalue weighted by molar-refractivity contribution is 7.92. The van der Waals surface area contributed by atoms with Gasteiger partial charge in [-0.05, 0) is 47.4 Å². The first kappa shape index (κ1) is 26.0. The largest absolute Gasteiger partial charge is 0.492 e. The number of carbonyl (C=O) groups excluding carboxylic acids is 1. The van der Waals surface area contributed by atoms with E-state index >= 15 is 0 Å². The van der Waals surface area contributed by atoms with Crippen LogP contribution in [0.25, 0.3) is 10.9 Å². The molecule has 2 N–H and O–H groups in total. The van der Waals surface area contributed by atoms with E-state index in [2.05, 4.69) is 15.0 Å². The molecule has 10 heteroatoms. The van der Waals surface area contributed by atoms with E-state index in [0.29, 0.717) is 22.9 Å². The molecule has 1 amide bonds. The Morgan fingerprint density at radius 2 is 1.65 bits per heavy atom. The molecule has 0 radical (unpaired) electrons. The number of nitrogens with zero attached hydrogens (tertiary/aromatic N) is 2. The minimum atomic E-state index is -3.61. The molecule has 2 aromatic carbocycles. The van der Waals surface area contributed by atoms with Gasteiger partial charge in [-0.25, -0.2) is 8.42 Å². The lowest BCUT2D eigenvalue weighted by Crippen LogP contribution is -2.20. The predicted octanol–water partition coefficient (Wildman–Crippen LogP) is 5.30. The number of nitrogens with one attached hydrogen (secondary N) is 2. The number of methoxy groups -OCH3 is 1. The van der Waals surface area contributed by atoms with Crippen LogP contribution in [0.5, 0.6) is 17.2 Å². The van der Waals surface area contributed by atoms with Crippen molar-refractivity contribution in [3.8, 4) is 17.2 Å². The van der Waals surface area contributed by atoms with Crippen molar-refractivity contribution in [3.63, 3.8) is 0 Å². The van der Waals surface area contributed by atoms with Gasteiger partial charge in [0.05, 0.1) is 30.3 Å². The van der Waals surface area contributed by atoms with Crippen LogP contribution in [-0.2, 0) is 22.5 Å². The fourth-order valence-corrected chi connectivity index (χ4v) is 4.62. The molecule has 4 rings (SSSR count). The second-order valence-corrected chi connectivity index (χ2v) is 11.5. The summed E-state index contributed by atoms with van der Waals surface area (Å²) in [5, 5.41) is 3.70. The minimum absolute atomic E-state index is 0.196. The molecule has 0 aliphatic rings. The van der Waals surface area contributed by atoms with Crippen molar-refractivity contribution in [2.24, 2.45) is 7.05 Å². The van der Waals surface area contributed by atoms with Crippen LogP contribution in [0.15, 0.2) is 60.9 Å². The zero-order valence-electron chi connectivity index (χ0n) is 21.6. The standard InChI is InChI=1S/C27H30N4O5S/c1-27(2,3)17-15-20(25(35-5)21(16-17)30-37(6,33)34)29-26(32)23-24(36-18-11-13-28-14-12-18)19-9-7-8-10-22(19)31(23)4/h7-16,30H,1-6H3,(H,29,32). The van der Waals surface area contributed by atoms with E-state index in [-0.39, 0.29) is 16.9 Å². The maximum atomic E-state index is 13.8. The summed E-state index contributed by atoms with van der Waals surface area (Å²) in [7, 11) is -0.398. The summed E-state index contributed by atoms with van der Waals surface area (Å²) in [4.78, 5) is 17.8. The number of sulfonamides is 1. The average Bonchev–Trinajstić information content (AvgIpc) is 3.09. The number of hydrogen-bond donors (Lipinski definition) is 2. The number of aryl methyl sites for hydroxylation is 1. The molecule has 0 saturated heterocycles. The number of para-hydroxylation sites is 1. The molecule has 0 unspecified atom stereocenters. The highest BCUT2D eigenvalue weighted by atomic mass is 32.2. The molecule has 0 aliphatic heterocycles. The van der Waals surface area contributed by atoms with Crippen LogP contribution in [0, 0.1) is 0 Å². The molecule has 9 nitrogen and oxygen atoms in total. The van der Waals surface area contributed by atoms with Gasteiger partial charge >= 0.3 is 0 Å². The Morgan fingerprint density at radius 1 is 1.00 bits per heavy atom. The van der Waals surface area contributed by atoms with Crippen molar-refractivity contribution < 1.29 is 22.7 Å². The van der Waals surface area contributed by atoms with Gasteiger partial charge in [0.15, 0.2) is 17.2 Å². The number of pyridine rings is 1. The molecule has 37 heavy (non-hydrogen) atoms. The predicted molar refractivity (Wildman–Crippen MR) is 145 cm³/mol. The summed E-state index contributed by atoms with van der Waals surface area (Å²) >= 11 is 0. The number of benzene rings is 2. The number of ether oxygens (including phenoxy) is 2. The molecular weight excluding hydrogens is 492 g/mol. The van der Waals surface area contributed by atoms with Gasteiger partial charge in [-0.3, -0.25) is 14.5 Å². The SMILES string of the molecule is COc1c(NC(=O)c2c(Oc3ccncc3)c3ccccc3n2C)cc(C(C)(C)C)cc1NS(C)(=O)=O. The van der Waals surface area contributed by atoms with E-state index in [1.165, 1.54) is 7.11 Å². The lowest BCUT2D eigenvalue weighted by Gasteiger charge is -2.24. The zero-order valence-corrected chi connectivity index (χ0v) is 22.4. The van der Waals surface area contributed by atoms with Crippen LogP contribution in [0.3, 0.4) is 0 Å². The van der Waals surface area contributed by atoms with Gasteiger partial charge in [0.1, 0.15) is 5.75 Å². The maximum absolute atomic E-state index is 13.8. The Hall–Kier alpha value is -4.05. The van der Waals surface area contributed by atoms with E-state index < -0.39 is 15.9 Å². The lowest BCUT2D eigenvalue weighted by molar-refractivity contribution is 0.101. The summed E-state index contributed by atoms with van der Waals surface area (Å²) in [5.41, 5.74) is 2.13. The Kier molecular flexibility index (Phi) is 6.88. The lowest BCUT2D eigenvalue weighted by atomic mass is 9.86. The molecule has 4 aromatic rings. The van der Waals surface area contributed by atoms with Crippen molar-refractivity contribution in [2.75, 3.05) is 23.4 Å². The Labute approximate surface area is 216 Å². The molecule has 194 valence electrons. The molecule has 0 saturated carbocycles. The zero-order chi connectivity index (χ0) is 27.0. The highest BCUT2D eigenvalue weighted by Crippen LogP contribution is 2.41. The number of anilines is 2. The van der Waals surface area contributed by atoms with Gasteiger partial charge in [0.2, 0.25) is 10.0 Å². The van der Waals surface area contributed by atoms with Crippen LogP contribution >= 0.6 is 0 Å². The maximum Gasteiger partial charge on any atom is 0.276 e. The summed E-state index contributed by atoms with van der Waals surface area (Å²) in [6.07, 6.45) is 4.28. The normalized spacial score (nSPS) is 11.8. The quantitative estimate of drug-likeness (QED) is 0.341. The van der Waals surface area contributed by atoms with E-state index in [1.807, 2.05) is 45.0 Å². The van der Waals surface area contributed by atoms with Gasteiger partial charge in [0, 0.05) is 24.8 Å². The fourth-order valence-electron chi connectivity index (χ4n) is 4.07. The first-order valence-corrected chi connectivity index (χ1v) is 13.4. The third-order valence-corrected chi connectivity index (χ3v) is 6.44. The number of carbonyl (C=O) groups is 1. The Morgan fingerprint density at radius 3 is 2.27 bits per heavy atom. The van der Waals surface area contributed by atoms with E-state index in [0.717, 1.165) is 22.7 Å². The topological polar surface area (TPSA) is 112 Å². The van der Waals surface area contributed by atoms with E-state index in [4.69, 9.17) is 9.47 Å². The van der Waals surface area contributed by atoms with Crippen molar-refractivity contribution in [1.29, 1.82) is 0 Å². The molecule has 2 heterocycles. The van der Waals surface area contributed by atoms with Gasteiger partial charge in [-0.2, -0.15) is 0 Å². The first-order chi connectivity index (χ1) is 17.4. The second-order valence-electron chi connectivity index (χ2n) is 9.72. The highest BCUT2D eigenvalue weighted by Gasteiger charge is 2.26. The van der Waals surface area contributed by atoms with Crippen LogP contribution in [-0.4, -0.2) is 37.2 Å². The van der Waals surface area contributed by atoms with Crippen molar-refractivity contribution in [3.05, 3.63) is 72.2 Å². The second kappa shape index (κ2) is 9.78. The minimum Gasteiger partial charge on any atom is -0.492 e. The number of amides is 1. The van der Waals surface area contributed by atoms with E-state index in [1.54, 1.807) is 48.3 Å². The monoisotopic (exact) mass is 522 g/mol. The molecule has 2 aromatic heterocycles. The fraction of sp³-hybridized carbons (Fsp3) is 0.259. The molecular formula is C27H30N4O5S. The van der Waals surface area contributed by atoms with Crippen LogP contribution in [0.2, 0.25) is 0 Å². The summed E-state index contributed by atoms with van der Waals surface area (Å²) in [6.45, 7) is 5.99. The summed E-state index contributed by atoms with van der Waals surface area (Å²) in [5.74, 6) is 0.675. The Balaban J connectivity index is 1.85. The molecule has 0 atom stereocenters. The van der Waals surface area contributed by atoms with Crippen molar-refractivity contribution >= 4 is 38.2 Å². The molecule has 0 aliphatic carbocycles. The Bertz CT molecular complexity index is 1570. The van der Waals surface area contributed by atoms with Crippen LogP contribution in [0.4, 0.5) is 11.4 Å². The number of aromatic nitrogens is 2. The van der Waals surface area contributed by atoms with Gasteiger partial charge in [0.25, 0.3) is 5.91 Å². The number of rotatable bonds is 7. The van der Waals surface area contributed by atoms with E-state index in [9.17, 15) is 13.2 Å². The smallest absolute Gasteiger partial charge is 0.276 e. The molecule has 0 fully saturated rings. The summed E-state index contributed by atoms with van der Waals surface area (Å²) in [6, 6.07) is 14.5. The van der Waals surface area contributed by atoms with Crippen molar-refractivity contribution in [2.45, 2.75) is 26.2 Å². The summed E-state index contributed by atoms with van der Waals surface area (Å²) < 4.78 is 40.1. The third kappa shape index (κ3) is 5.54. The molecule has 0 spiro atoms. The first-order valence-electron chi connectivity index (χ1n) is 11.6. The van der Waals surface area contributed by atoms with Crippen molar-refractivity contribution in [1.82, 2.24) is 9.55 Å². The third-order valence-electron chi connectivity index (χ3n) is 5.85.